The van der Waals surface area contributed by atoms with E-state index in [0.29, 0.717) is 24.7 Å². The first-order valence-corrected chi connectivity index (χ1v) is 8.07. The summed E-state index contributed by atoms with van der Waals surface area (Å²) >= 11 is 0. The summed E-state index contributed by atoms with van der Waals surface area (Å²) in [6.07, 6.45) is 0.615. The van der Waals surface area contributed by atoms with Crippen molar-refractivity contribution >= 4 is 16.7 Å². The van der Waals surface area contributed by atoms with Crippen molar-refractivity contribution in [1.82, 2.24) is 20.9 Å². The fourth-order valence-corrected chi connectivity index (χ4v) is 2.83. The Labute approximate surface area is 145 Å². The number of benzene rings is 2. The minimum atomic E-state index is -0.487. The van der Waals surface area contributed by atoms with Gasteiger partial charge in [0.1, 0.15) is 0 Å². The van der Waals surface area contributed by atoms with Gasteiger partial charge in [-0.3, -0.25) is 10.0 Å². The predicted molar refractivity (Wildman–Crippen MR) is 92.0 cm³/mol. The molecule has 1 heterocycles. The van der Waals surface area contributed by atoms with E-state index in [1.54, 1.807) is 12.5 Å². The number of hydrogen-bond donors (Lipinski definition) is 3. The standard InChI is InChI=1S/C18H20N4O3/c1-19-11-16-20-18(25-22-16)15(10-17(23)21-24)9-12-6-7-13-4-2-3-5-14(13)8-12/h2-8,15,19,24H,9-11H2,1H3,(H,21,23). The van der Waals surface area contributed by atoms with Gasteiger partial charge in [-0.05, 0) is 29.8 Å². The lowest BCUT2D eigenvalue weighted by molar-refractivity contribution is -0.129. The fourth-order valence-electron chi connectivity index (χ4n) is 2.83. The molecule has 1 amide bonds. The molecule has 0 radical (unpaired) electrons. The van der Waals surface area contributed by atoms with E-state index in [1.165, 1.54) is 0 Å². The molecule has 0 saturated heterocycles. The highest BCUT2D eigenvalue weighted by atomic mass is 16.5. The van der Waals surface area contributed by atoms with Crippen LogP contribution in [0, 0.1) is 0 Å². The number of carbonyl (C=O) groups excluding carboxylic acids is 1. The highest BCUT2D eigenvalue weighted by molar-refractivity contribution is 5.83. The van der Waals surface area contributed by atoms with Gasteiger partial charge in [0.25, 0.3) is 0 Å². The quantitative estimate of drug-likeness (QED) is 0.450. The zero-order valence-electron chi connectivity index (χ0n) is 13.9. The van der Waals surface area contributed by atoms with Gasteiger partial charge in [-0.15, -0.1) is 0 Å². The first-order valence-electron chi connectivity index (χ1n) is 8.07. The number of carbonyl (C=O) groups is 1. The van der Waals surface area contributed by atoms with Gasteiger partial charge in [-0.2, -0.15) is 4.98 Å². The molecule has 1 unspecified atom stereocenters. The molecule has 130 valence electrons. The highest BCUT2D eigenvalue weighted by Crippen LogP contribution is 2.25. The molecule has 0 bridgehead atoms. The number of aromatic nitrogens is 2. The normalized spacial score (nSPS) is 12.2. The Balaban J connectivity index is 1.85. The Bertz CT molecular complexity index is 862. The monoisotopic (exact) mass is 340 g/mol. The molecule has 3 rings (SSSR count). The van der Waals surface area contributed by atoms with E-state index >= 15 is 0 Å². The number of hydroxylamine groups is 1. The predicted octanol–water partition coefficient (Wildman–Crippen LogP) is 2.16. The van der Waals surface area contributed by atoms with Crippen LogP contribution in [0.25, 0.3) is 10.8 Å². The van der Waals surface area contributed by atoms with Crippen molar-refractivity contribution < 1.29 is 14.5 Å². The van der Waals surface area contributed by atoms with E-state index in [-0.39, 0.29) is 12.3 Å². The van der Waals surface area contributed by atoms with Crippen LogP contribution in [0.5, 0.6) is 0 Å². The zero-order valence-corrected chi connectivity index (χ0v) is 13.9. The minimum absolute atomic E-state index is 0.0600. The lowest BCUT2D eigenvalue weighted by Gasteiger charge is -2.12. The van der Waals surface area contributed by atoms with E-state index in [4.69, 9.17) is 9.73 Å². The molecule has 3 aromatic rings. The van der Waals surface area contributed by atoms with Crippen LogP contribution in [0.15, 0.2) is 47.0 Å². The molecule has 25 heavy (non-hydrogen) atoms. The zero-order chi connectivity index (χ0) is 17.6. The SMILES string of the molecule is CNCc1noc(C(CC(=O)NO)Cc2ccc3ccccc3c2)n1. The van der Waals surface area contributed by atoms with Crippen molar-refractivity contribution in [3.05, 3.63) is 59.7 Å². The second kappa shape index (κ2) is 7.87. The molecule has 0 saturated carbocycles. The Morgan fingerprint density at radius 2 is 2.04 bits per heavy atom. The third-order valence-electron chi connectivity index (χ3n) is 4.02. The molecule has 0 aliphatic rings. The van der Waals surface area contributed by atoms with Crippen LogP contribution < -0.4 is 10.8 Å². The average Bonchev–Trinajstić information content (AvgIpc) is 3.10. The van der Waals surface area contributed by atoms with Crippen LogP contribution in [-0.4, -0.2) is 28.3 Å². The van der Waals surface area contributed by atoms with Gasteiger partial charge >= 0.3 is 0 Å². The van der Waals surface area contributed by atoms with Gasteiger partial charge < -0.3 is 9.84 Å². The minimum Gasteiger partial charge on any atom is -0.339 e. The van der Waals surface area contributed by atoms with Crippen molar-refractivity contribution in [2.24, 2.45) is 0 Å². The molecule has 1 atom stereocenters. The maximum atomic E-state index is 11.7. The molecular weight excluding hydrogens is 320 g/mol. The number of fused-ring (bicyclic) bond motifs is 1. The van der Waals surface area contributed by atoms with Gasteiger partial charge in [-0.25, -0.2) is 5.48 Å². The van der Waals surface area contributed by atoms with E-state index < -0.39 is 5.91 Å². The van der Waals surface area contributed by atoms with Crippen LogP contribution in [0.3, 0.4) is 0 Å². The number of hydrogen-bond acceptors (Lipinski definition) is 6. The topological polar surface area (TPSA) is 100 Å². The Kier molecular flexibility index (Phi) is 5.37. The van der Waals surface area contributed by atoms with Gasteiger partial charge in [-0.1, -0.05) is 47.6 Å². The van der Waals surface area contributed by atoms with Gasteiger partial charge in [0.2, 0.25) is 11.8 Å². The second-order valence-electron chi connectivity index (χ2n) is 5.90. The molecule has 0 aliphatic heterocycles. The van der Waals surface area contributed by atoms with Crippen molar-refractivity contribution in [1.29, 1.82) is 0 Å². The molecular formula is C18H20N4O3. The first-order chi connectivity index (χ1) is 12.2. The van der Waals surface area contributed by atoms with Gasteiger partial charge in [0, 0.05) is 6.42 Å². The Morgan fingerprint density at radius 1 is 1.24 bits per heavy atom. The maximum absolute atomic E-state index is 11.7. The Morgan fingerprint density at radius 3 is 2.80 bits per heavy atom. The maximum Gasteiger partial charge on any atom is 0.244 e. The summed E-state index contributed by atoms with van der Waals surface area (Å²) in [6.45, 7) is 0.485. The fraction of sp³-hybridized carbons (Fsp3) is 0.278. The molecule has 1 aromatic heterocycles. The number of nitrogens with zero attached hydrogens (tertiary/aromatic N) is 2. The number of nitrogens with one attached hydrogen (secondary N) is 2. The van der Waals surface area contributed by atoms with Crippen LogP contribution in [0.4, 0.5) is 0 Å². The molecule has 7 heteroatoms. The lowest BCUT2D eigenvalue weighted by atomic mass is 9.94. The summed E-state index contributed by atoms with van der Waals surface area (Å²) in [5.74, 6) is 0.123. The lowest BCUT2D eigenvalue weighted by Crippen LogP contribution is -2.22. The molecule has 2 aromatic carbocycles. The third kappa shape index (κ3) is 4.20. The Hall–Kier alpha value is -2.77. The average molecular weight is 340 g/mol. The second-order valence-corrected chi connectivity index (χ2v) is 5.90. The van der Waals surface area contributed by atoms with Crippen molar-refractivity contribution in [3.63, 3.8) is 0 Å². The molecule has 3 N–H and O–H groups in total. The van der Waals surface area contributed by atoms with Crippen molar-refractivity contribution in [2.75, 3.05) is 7.05 Å². The number of amides is 1. The molecule has 7 nitrogen and oxygen atoms in total. The van der Waals surface area contributed by atoms with E-state index in [1.807, 2.05) is 30.3 Å². The van der Waals surface area contributed by atoms with Crippen LogP contribution in [0.2, 0.25) is 0 Å². The summed E-state index contributed by atoms with van der Waals surface area (Å²) in [5.41, 5.74) is 2.73. The summed E-state index contributed by atoms with van der Waals surface area (Å²) in [7, 11) is 1.79. The van der Waals surface area contributed by atoms with E-state index in [2.05, 4.69) is 27.6 Å². The van der Waals surface area contributed by atoms with Gasteiger partial charge in [0.05, 0.1) is 12.5 Å². The summed E-state index contributed by atoms with van der Waals surface area (Å²) in [5, 5.41) is 18.0. The van der Waals surface area contributed by atoms with Crippen LogP contribution in [-0.2, 0) is 17.8 Å². The van der Waals surface area contributed by atoms with Crippen molar-refractivity contribution in [2.45, 2.75) is 25.3 Å². The third-order valence-corrected chi connectivity index (χ3v) is 4.02. The summed E-state index contributed by atoms with van der Waals surface area (Å²) < 4.78 is 5.32. The van der Waals surface area contributed by atoms with Crippen LogP contribution in [0.1, 0.15) is 29.6 Å². The number of rotatable bonds is 7. The smallest absolute Gasteiger partial charge is 0.244 e. The summed E-state index contributed by atoms with van der Waals surface area (Å²) in [6, 6.07) is 14.3. The van der Waals surface area contributed by atoms with Gasteiger partial charge in [0.15, 0.2) is 5.82 Å². The molecule has 0 fully saturated rings. The molecule has 0 spiro atoms. The van der Waals surface area contributed by atoms with Crippen LogP contribution >= 0.6 is 0 Å². The van der Waals surface area contributed by atoms with E-state index in [9.17, 15) is 4.79 Å². The first kappa shape index (κ1) is 17.1. The highest BCUT2D eigenvalue weighted by Gasteiger charge is 2.23. The molecule has 0 aliphatic carbocycles. The van der Waals surface area contributed by atoms with Crippen molar-refractivity contribution in [3.8, 4) is 0 Å². The van der Waals surface area contributed by atoms with E-state index in [0.717, 1.165) is 16.3 Å². The summed E-state index contributed by atoms with van der Waals surface area (Å²) in [4.78, 5) is 16.0. The largest absolute Gasteiger partial charge is 0.339 e.